The van der Waals surface area contributed by atoms with Gasteiger partial charge in [0.1, 0.15) is 5.69 Å². The second-order valence-electron chi connectivity index (χ2n) is 4.23. The van der Waals surface area contributed by atoms with Crippen LogP contribution in [0.25, 0.3) is 0 Å². The summed E-state index contributed by atoms with van der Waals surface area (Å²) in [6, 6.07) is 7.38. The monoisotopic (exact) mass is 275 g/mol. The smallest absolute Gasteiger partial charge is 0.274 e. The van der Waals surface area contributed by atoms with Gasteiger partial charge in [0.15, 0.2) is 0 Å². The van der Waals surface area contributed by atoms with Gasteiger partial charge in [-0.3, -0.25) is 9.78 Å². The predicted octanol–water partition coefficient (Wildman–Crippen LogP) is 2.96. The van der Waals surface area contributed by atoms with Crippen molar-refractivity contribution in [3.8, 4) is 0 Å². The number of halogens is 1. The minimum atomic E-state index is -0.157. The van der Waals surface area contributed by atoms with Gasteiger partial charge in [-0.15, -0.1) is 0 Å². The first kappa shape index (κ1) is 13.5. The van der Waals surface area contributed by atoms with E-state index in [4.69, 9.17) is 11.6 Å². The van der Waals surface area contributed by atoms with E-state index in [0.717, 1.165) is 5.56 Å². The second-order valence-corrected chi connectivity index (χ2v) is 4.67. The van der Waals surface area contributed by atoms with Gasteiger partial charge in [-0.1, -0.05) is 23.7 Å². The number of hydrogen-bond acceptors (Lipinski definition) is 3. The first-order chi connectivity index (χ1) is 9.09. The Morgan fingerprint density at radius 1 is 1.26 bits per heavy atom. The number of carbonyl (C=O) groups excluding carboxylic acids is 1. The predicted molar refractivity (Wildman–Crippen MR) is 74.0 cm³/mol. The van der Waals surface area contributed by atoms with Crippen molar-refractivity contribution in [2.24, 2.45) is 0 Å². The van der Waals surface area contributed by atoms with Crippen molar-refractivity contribution in [1.82, 2.24) is 14.9 Å². The van der Waals surface area contributed by atoms with Crippen LogP contribution < -0.4 is 0 Å². The molecular weight excluding hydrogens is 262 g/mol. The first-order valence-electron chi connectivity index (χ1n) is 5.88. The summed E-state index contributed by atoms with van der Waals surface area (Å²) >= 11 is 5.86. The van der Waals surface area contributed by atoms with E-state index in [1.807, 2.05) is 31.2 Å². The van der Waals surface area contributed by atoms with Crippen LogP contribution >= 0.6 is 11.6 Å². The third-order valence-electron chi connectivity index (χ3n) is 3.04. The van der Waals surface area contributed by atoms with Crippen LogP contribution in [0.2, 0.25) is 5.02 Å². The van der Waals surface area contributed by atoms with Crippen molar-refractivity contribution in [3.63, 3.8) is 0 Å². The number of benzene rings is 1. The number of aromatic nitrogens is 2. The van der Waals surface area contributed by atoms with Crippen LogP contribution in [0.15, 0.2) is 42.9 Å². The number of nitrogens with zero attached hydrogens (tertiary/aromatic N) is 3. The third-order valence-corrected chi connectivity index (χ3v) is 3.29. The summed E-state index contributed by atoms with van der Waals surface area (Å²) in [7, 11) is 1.75. The van der Waals surface area contributed by atoms with Gasteiger partial charge < -0.3 is 4.90 Å². The van der Waals surface area contributed by atoms with E-state index in [1.165, 1.54) is 12.4 Å². The number of carbonyl (C=O) groups is 1. The summed E-state index contributed by atoms with van der Waals surface area (Å²) in [5.74, 6) is -0.157. The van der Waals surface area contributed by atoms with Crippen molar-refractivity contribution in [3.05, 3.63) is 59.1 Å². The highest BCUT2D eigenvalue weighted by atomic mass is 35.5. The minimum absolute atomic E-state index is 0.0632. The highest BCUT2D eigenvalue weighted by Crippen LogP contribution is 2.21. The molecule has 1 amide bonds. The summed E-state index contributed by atoms with van der Waals surface area (Å²) in [4.78, 5) is 21.8. The van der Waals surface area contributed by atoms with E-state index in [1.54, 1.807) is 18.1 Å². The van der Waals surface area contributed by atoms with E-state index in [2.05, 4.69) is 9.97 Å². The lowest BCUT2D eigenvalue weighted by Crippen LogP contribution is -2.30. The molecule has 0 radical (unpaired) electrons. The van der Waals surface area contributed by atoms with Crippen molar-refractivity contribution in [2.45, 2.75) is 13.0 Å². The van der Waals surface area contributed by atoms with Crippen LogP contribution in [0.1, 0.15) is 29.0 Å². The molecule has 0 spiro atoms. The Bertz CT molecular complexity index is 557. The summed E-state index contributed by atoms with van der Waals surface area (Å²) in [6.07, 6.45) is 4.51. The molecule has 2 aromatic rings. The van der Waals surface area contributed by atoms with Crippen LogP contribution in [0.3, 0.4) is 0 Å². The van der Waals surface area contributed by atoms with Crippen molar-refractivity contribution < 1.29 is 4.79 Å². The lowest BCUT2D eigenvalue weighted by atomic mass is 10.1. The van der Waals surface area contributed by atoms with Crippen LogP contribution in [0.4, 0.5) is 0 Å². The molecule has 5 heteroatoms. The number of hydrogen-bond donors (Lipinski definition) is 0. The molecule has 1 aromatic carbocycles. The summed E-state index contributed by atoms with van der Waals surface area (Å²) in [6.45, 7) is 1.96. The van der Waals surface area contributed by atoms with Crippen molar-refractivity contribution in [2.75, 3.05) is 7.05 Å². The molecule has 0 fully saturated rings. The Morgan fingerprint density at radius 2 is 1.95 bits per heavy atom. The third kappa shape index (κ3) is 3.09. The molecule has 0 saturated heterocycles. The molecule has 0 N–H and O–H groups in total. The van der Waals surface area contributed by atoms with E-state index < -0.39 is 0 Å². The minimum Gasteiger partial charge on any atom is -0.334 e. The molecule has 0 saturated carbocycles. The maximum absolute atomic E-state index is 12.2. The molecule has 0 aliphatic carbocycles. The molecule has 1 heterocycles. The normalized spacial score (nSPS) is 11.9. The maximum Gasteiger partial charge on any atom is 0.274 e. The average molecular weight is 276 g/mol. The highest BCUT2D eigenvalue weighted by Gasteiger charge is 2.19. The van der Waals surface area contributed by atoms with Crippen molar-refractivity contribution in [1.29, 1.82) is 0 Å². The van der Waals surface area contributed by atoms with Gasteiger partial charge in [-0.05, 0) is 24.6 Å². The van der Waals surface area contributed by atoms with Gasteiger partial charge in [0.05, 0.1) is 12.2 Å². The quantitative estimate of drug-likeness (QED) is 0.865. The molecule has 0 aliphatic rings. The van der Waals surface area contributed by atoms with E-state index >= 15 is 0 Å². The Balaban J connectivity index is 2.17. The molecule has 19 heavy (non-hydrogen) atoms. The Labute approximate surface area is 117 Å². The van der Waals surface area contributed by atoms with E-state index in [-0.39, 0.29) is 11.9 Å². The van der Waals surface area contributed by atoms with Gasteiger partial charge in [-0.25, -0.2) is 4.98 Å². The van der Waals surface area contributed by atoms with Gasteiger partial charge in [0, 0.05) is 24.5 Å². The molecule has 1 atom stereocenters. The molecular formula is C14H14ClN3O. The SMILES string of the molecule is CC(c1ccc(Cl)cc1)N(C)C(=O)c1cnccn1. The zero-order valence-corrected chi connectivity index (χ0v) is 11.5. The van der Waals surface area contributed by atoms with Gasteiger partial charge in [0.25, 0.3) is 5.91 Å². The van der Waals surface area contributed by atoms with Crippen LogP contribution in [0.5, 0.6) is 0 Å². The number of amides is 1. The van der Waals surface area contributed by atoms with E-state index in [0.29, 0.717) is 10.7 Å². The molecule has 98 valence electrons. The lowest BCUT2D eigenvalue weighted by Gasteiger charge is -2.25. The molecule has 0 bridgehead atoms. The van der Waals surface area contributed by atoms with Crippen LogP contribution in [-0.4, -0.2) is 27.8 Å². The standard InChI is InChI=1S/C14H14ClN3O/c1-10(11-3-5-12(15)6-4-11)18(2)14(19)13-9-16-7-8-17-13/h3-10H,1-2H3. The number of rotatable bonds is 3. The highest BCUT2D eigenvalue weighted by molar-refractivity contribution is 6.30. The molecule has 4 nitrogen and oxygen atoms in total. The lowest BCUT2D eigenvalue weighted by molar-refractivity contribution is 0.0736. The van der Waals surface area contributed by atoms with E-state index in [9.17, 15) is 4.79 Å². The summed E-state index contributed by atoms with van der Waals surface area (Å²) in [5, 5.41) is 0.679. The fourth-order valence-corrected chi connectivity index (χ4v) is 1.86. The van der Waals surface area contributed by atoms with Gasteiger partial charge >= 0.3 is 0 Å². The molecule has 1 unspecified atom stereocenters. The molecule has 1 aromatic heterocycles. The molecule has 2 rings (SSSR count). The Kier molecular flexibility index (Phi) is 4.12. The average Bonchev–Trinajstić information content (AvgIpc) is 2.46. The van der Waals surface area contributed by atoms with Crippen molar-refractivity contribution >= 4 is 17.5 Å². The maximum atomic E-state index is 12.2. The Morgan fingerprint density at radius 3 is 2.53 bits per heavy atom. The fraction of sp³-hybridized carbons (Fsp3) is 0.214. The zero-order valence-electron chi connectivity index (χ0n) is 10.7. The summed E-state index contributed by atoms with van der Waals surface area (Å²) in [5.41, 5.74) is 1.36. The summed E-state index contributed by atoms with van der Waals surface area (Å²) < 4.78 is 0. The first-order valence-corrected chi connectivity index (χ1v) is 6.26. The fourth-order valence-electron chi connectivity index (χ4n) is 1.73. The van der Waals surface area contributed by atoms with Crippen LogP contribution in [-0.2, 0) is 0 Å². The Hall–Kier alpha value is -1.94. The topological polar surface area (TPSA) is 46.1 Å². The second kappa shape index (κ2) is 5.80. The van der Waals surface area contributed by atoms with Gasteiger partial charge in [0.2, 0.25) is 0 Å². The van der Waals surface area contributed by atoms with Gasteiger partial charge in [-0.2, -0.15) is 0 Å². The van der Waals surface area contributed by atoms with Crippen LogP contribution in [0, 0.1) is 0 Å². The largest absolute Gasteiger partial charge is 0.334 e. The zero-order chi connectivity index (χ0) is 13.8. The molecule has 0 aliphatic heterocycles.